The summed E-state index contributed by atoms with van der Waals surface area (Å²) in [7, 11) is -3.13. The molecule has 1 aliphatic rings. The zero-order chi connectivity index (χ0) is 14.0. The first-order chi connectivity index (χ1) is 8.95. The summed E-state index contributed by atoms with van der Waals surface area (Å²) in [5, 5.41) is 0.768. The van der Waals surface area contributed by atoms with Gasteiger partial charge in [-0.15, -0.1) is 0 Å². The first kappa shape index (κ1) is 15.5. The Hall–Kier alpha value is 0.0900. The number of halogens is 2. The number of sulfone groups is 1. The smallest absolute Gasteiger partial charge is 0.169 e. The minimum absolute atomic E-state index is 0.496. The molecule has 1 saturated heterocycles. The van der Waals surface area contributed by atoms with Gasteiger partial charge in [-0.05, 0) is 11.6 Å². The van der Waals surface area contributed by atoms with E-state index in [9.17, 15) is 8.42 Å². The maximum Gasteiger partial charge on any atom is 0.169 e. The highest BCUT2D eigenvalue weighted by Crippen LogP contribution is 2.36. The molecule has 1 aromatic carbocycles. The number of anilines is 1. The van der Waals surface area contributed by atoms with Crippen LogP contribution in [0.2, 0.25) is 5.02 Å². The van der Waals surface area contributed by atoms with Gasteiger partial charge >= 0.3 is 0 Å². The van der Waals surface area contributed by atoms with Crippen molar-refractivity contribution < 1.29 is 8.42 Å². The predicted molar refractivity (Wildman–Crippen MR) is 87.4 cm³/mol. The van der Waals surface area contributed by atoms with E-state index in [-0.39, 0.29) is 0 Å². The number of hydrogen-bond acceptors (Lipinski definition) is 4. The molecule has 2 rings (SSSR count). The number of alkyl halides is 1. The summed E-state index contributed by atoms with van der Waals surface area (Å²) >= 11 is 11.4. The summed E-state index contributed by atoms with van der Waals surface area (Å²) in [5.74, 6) is 1.50. The van der Waals surface area contributed by atoms with E-state index in [1.54, 1.807) is 11.8 Å². The normalized spacial score (nSPS) is 20.6. The summed E-state index contributed by atoms with van der Waals surface area (Å²) in [6.45, 7) is 0.701. The summed E-state index contributed by atoms with van der Waals surface area (Å²) < 4.78 is 23.9. The minimum atomic E-state index is -3.13. The molecule has 0 spiro atoms. The van der Waals surface area contributed by atoms with Gasteiger partial charge < -0.3 is 4.90 Å². The highest BCUT2D eigenvalue weighted by molar-refractivity contribution is 9.08. The van der Waals surface area contributed by atoms with Crippen molar-refractivity contribution in [1.29, 1.82) is 0 Å². The lowest BCUT2D eigenvalue weighted by Crippen LogP contribution is -2.47. The van der Waals surface area contributed by atoms with Crippen LogP contribution in [0.25, 0.3) is 0 Å². The van der Waals surface area contributed by atoms with Crippen molar-refractivity contribution in [2.75, 3.05) is 29.2 Å². The van der Waals surface area contributed by atoms with Gasteiger partial charge in [0.15, 0.2) is 9.84 Å². The van der Waals surface area contributed by atoms with Crippen LogP contribution in [-0.4, -0.2) is 38.1 Å². The first-order valence-electron chi connectivity index (χ1n) is 5.81. The van der Waals surface area contributed by atoms with E-state index in [0.717, 1.165) is 17.0 Å². The lowest BCUT2D eigenvalue weighted by molar-refractivity contribution is 0.584. The summed E-state index contributed by atoms with van der Waals surface area (Å²) in [6.07, 6.45) is 1.29. The number of thioether (sulfide) groups is 1. The monoisotopic (exact) mass is 383 g/mol. The standard InChI is InChI=1S/C12H15BrClNO2S2/c1-19(16,17)11-8-18-6-5-15(11)12-9(7-13)3-2-4-10(12)14/h2-4,11H,5-8H2,1H3. The molecule has 1 atom stereocenters. The van der Waals surface area contributed by atoms with Gasteiger partial charge in [-0.2, -0.15) is 11.8 Å². The van der Waals surface area contributed by atoms with E-state index >= 15 is 0 Å². The molecule has 0 amide bonds. The molecule has 1 aliphatic heterocycles. The SMILES string of the molecule is CS(=O)(=O)C1CSCCN1c1c(Cl)cccc1CBr. The van der Waals surface area contributed by atoms with E-state index in [1.165, 1.54) is 6.26 Å². The fourth-order valence-corrected chi connectivity index (χ4v) is 5.76. The average molecular weight is 385 g/mol. The lowest BCUT2D eigenvalue weighted by Gasteiger charge is -2.37. The van der Waals surface area contributed by atoms with Crippen molar-refractivity contribution in [2.45, 2.75) is 10.7 Å². The summed E-state index contributed by atoms with van der Waals surface area (Å²) in [5.41, 5.74) is 1.87. The molecule has 0 saturated carbocycles. The first-order valence-corrected chi connectivity index (χ1v) is 10.4. The van der Waals surface area contributed by atoms with E-state index in [4.69, 9.17) is 11.6 Å². The second-order valence-corrected chi connectivity index (χ2v) is 8.75. The van der Waals surface area contributed by atoms with Crippen LogP contribution in [0, 0.1) is 0 Å². The Labute approximate surface area is 131 Å². The quantitative estimate of drug-likeness (QED) is 0.750. The third-order valence-corrected chi connectivity index (χ3v) is 6.63. The molecule has 19 heavy (non-hydrogen) atoms. The van der Waals surface area contributed by atoms with Gasteiger partial charge in [-0.25, -0.2) is 8.42 Å². The third-order valence-electron chi connectivity index (χ3n) is 3.08. The van der Waals surface area contributed by atoms with Crippen molar-refractivity contribution in [3.63, 3.8) is 0 Å². The largest absolute Gasteiger partial charge is 0.352 e. The topological polar surface area (TPSA) is 37.4 Å². The molecule has 0 aromatic heterocycles. The molecule has 1 aromatic rings. The minimum Gasteiger partial charge on any atom is -0.352 e. The summed E-state index contributed by atoms with van der Waals surface area (Å²) in [4.78, 5) is 1.94. The number of para-hydroxylation sites is 1. The predicted octanol–water partition coefficient (Wildman–Crippen LogP) is 3.16. The highest BCUT2D eigenvalue weighted by Gasteiger charge is 2.33. The molecule has 1 unspecified atom stereocenters. The van der Waals surface area contributed by atoms with Gasteiger partial charge in [0, 0.05) is 29.6 Å². The van der Waals surface area contributed by atoms with E-state index in [1.807, 2.05) is 23.1 Å². The Bertz CT molecular complexity index is 565. The van der Waals surface area contributed by atoms with Crippen LogP contribution in [-0.2, 0) is 15.2 Å². The molecule has 1 fully saturated rings. The molecule has 7 heteroatoms. The molecule has 0 radical (unpaired) electrons. The van der Waals surface area contributed by atoms with Crippen molar-refractivity contribution >= 4 is 54.8 Å². The van der Waals surface area contributed by atoms with E-state index < -0.39 is 15.2 Å². The van der Waals surface area contributed by atoms with Crippen LogP contribution >= 0.6 is 39.3 Å². The van der Waals surface area contributed by atoms with Crippen LogP contribution in [0.4, 0.5) is 5.69 Å². The van der Waals surface area contributed by atoms with Gasteiger partial charge in [0.2, 0.25) is 0 Å². The molecule has 3 nitrogen and oxygen atoms in total. The Morgan fingerprint density at radius 2 is 2.26 bits per heavy atom. The van der Waals surface area contributed by atoms with Crippen LogP contribution in [0.3, 0.4) is 0 Å². The molecule has 0 aliphatic carbocycles. The van der Waals surface area contributed by atoms with Gasteiger partial charge in [0.1, 0.15) is 5.37 Å². The fourth-order valence-electron chi connectivity index (χ4n) is 2.18. The van der Waals surface area contributed by atoms with Gasteiger partial charge in [-0.1, -0.05) is 39.7 Å². The van der Waals surface area contributed by atoms with Gasteiger partial charge in [0.05, 0.1) is 10.7 Å². The van der Waals surface area contributed by atoms with Crippen molar-refractivity contribution in [1.82, 2.24) is 0 Å². The molecular weight excluding hydrogens is 370 g/mol. The van der Waals surface area contributed by atoms with Crippen LogP contribution in [0.1, 0.15) is 5.56 Å². The van der Waals surface area contributed by atoms with Gasteiger partial charge in [-0.3, -0.25) is 0 Å². The second kappa shape index (κ2) is 6.24. The number of benzene rings is 1. The Kier molecular flexibility index (Phi) is 5.09. The highest BCUT2D eigenvalue weighted by atomic mass is 79.9. The van der Waals surface area contributed by atoms with Crippen molar-refractivity contribution in [3.05, 3.63) is 28.8 Å². The summed E-state index contributed by atoms with van der Waals surface area (Å²) in [6, 6.07) is 5.66. The van der Waals surface area contributed by atoms with Crippen LogP contribution < -0.4 is 4.90 Å². The van der Waals surface area contributed by atoms with Crippen molar-refractivity contribution in [3.8, 4) is 0 Å². The zero-order valence-electron chi connectivity index (χ0n) is 10.5. The third kappa shape index (κ3) is 3.40. The zero-order valence-corrected chi connectivity index (χ0v) is 14.4. The molecular formula is C12H15BrClNO2S2. The van der Waals surface area contributed by atoms with E-state index in [0.29, 0.717) is 22.7 Å². The number of hydrogen-bond donors (Lipinski definition) is 0. The molecule has 0 N–H and O–H groups in total. The Balaban J connectivity index is 2.49. The Morgan fingerprint density at radius 3 is 2.89 bits per heavy atom. The van der Waals surface area contributed by atoms with Crippen molar-refractivity contribution in [2.24, 2.45) is 0 Å². The second-order valence-electron chi connectivity index (χ2n) is 4.43. The fraction of sp³-hybridized carbons (Fsp3) is 0.500. The number of rotatable bonds is 3. The number of nitrogens with zero attached hydrogens (tertiary/aromatic N) is 1. The van der Waals surface area contributed by atoms with Crippen LogP contribution in [0.5, 0.6) is 0 Å². The Morgan fingerprint density at radius 1 is 1.53 bits per heavy atom. The molecule has 0 bridgehead atoms. The van der Waals surface area contributed by atoms with E-state index in [2.05, 4.69) is 15.9 Å². The maximum atomic E-state index is 12.0. The van der Waals surface area contributed by atoms with Crippen LogP contribution in [0.15, 0.2) is 18.2 Å². The molecule has 106 valence electrons. The maximum absolute atomic E-state index is 12.0. The van der Waals surface area contributed by atoms with Gasteiger partial charge in [0.25, 0.3) is 0 Å². The molecule has 1 heterocycles. The lowest BCUT2D eigenvalue weighted by atomic mass is 10.2. The average Bonchev–Trinajstić information content (AvgIpc) is 2.37.